The van der Waals surface area contributed by atoms with E-state index in [0.717, 1.165) is 12.8 Å². The first-order valence-corrected chi connectivity index (χ1v) is 11.1. The van der Waals surface area contributed by atoms with Crippen LogP contribution in [0.25, 0.3) is 5.52 Å². The lowest BCUT2D eigenvalue weighted by molar-refractivity contribution is 0.203. The fourth-order valence-electron chi connectivity index (χ4n) is 3.41. The van der Waals surface area contributed by atoms with Gasteiger partial charge in [0.25, 0.3) is 0 Å². The van der Waals surface area contributed by atoms with Crippen LogP contribution in [0.5, 0.6) is 0 Å². The van der Waals surface area contributed by atoms with Gasteiger partial charge in [-0.2, -0.15) is 4.31 Å². The van der Waals surface area contributed by atoms with Gasteiger partial charge in [0.05, 0.1) is 22.7 Å². The molecular weight excluding hydrogens is 400 g/mol. The Balaban J connectivity index is 0.000000169. The maximum atomic E-state index is 13.9. The number of piperidine rings is 1. The summed E-state index contributed by atoms with van der Waals surface area (Å²) >= 11 is 0. The molecule has 0 aromatic carbocycles. The summed E-state index contributed by atoms with van der Waals surface area (Å²) < 4.78 is 52.9. The number of terminal acetylenes is 1. The van der Waals surface area contributed by atoms with Crippen molar-refractivity contribution in [1.82, 2.24) is 18.9 Å². The predicted molar refractivity (Wildman–Crippen MR) is 107 cm³/mol. The van der Waals surface area contributed by atoms with Crippen molar-refractivity contribution in [2.45, 2.75) is 56.9 Å². The predicted octanol–water partition coefficient (Wildman–Crippen LogP) is 2.47. The van der Waals surface area contributed by atoms with E-state index in [9.17, 15) is 17.2 Å². The summed E-state index contributed by atoms with van der Waals surface area (Å²) in [6, 6.07) is 0. The van der Waals surface area contributed by atoms with E-state index in [1.54, 1.807) is 0 Å². The lowest BCUT2D eigenvalue weighted by Crippen LogP contribution is -2.42. The fourth-order valence-corrected chi connectivity index (χ4v) is 5.32. The molecule has 1 unspecified atom stereocenters. The molecule has 7 nitrogen and oxygen atoms in total. The van der Waals surface area contributed by atoms with Gasteiger partial charge >= 0.3 is 0 Å². The molecule has 1 saturated heterocycles. The highest BCUT2D eigenvalue weighted by atomic mass is 32.2. The zero-order valence-corrected chi connectivity index (χ0v) is 17.3. The zero-order chi connectivity index (χ0) is 21.3. The molecule has 0 radical (unpaired) electrons. The van der Waals surface area contributed by atoms with E-state index < -0.39 is 22.0 Å². The van der Waals surface area contributed by atoms with E-state index in [4.69, 9.17) is 12.2 Å². The van der Waals surface area contributed by atoms with E-state index >= 15 is 0 Å². The van der Waals surface area contributed by atoms with Crippen molar-refractivity contribution in [3.05, 3.63) is 23.3 Å². The third-order valence-electron chi connectivity index (χ3n) is 5.00. The summed E-state index contributed by atoms with van der Waals surface area (Å²) in [4.78, 5) is 3.75. The number of hydrogen-bond donors (Lipinski definition) is 1. The summed E-state index contributed by atoms with van der Waals surface area (Å²) in [5.74, 6) is 2.03. The second-order valence-corrected chi connectivity index (χ2v) is 9.84. The van der Waals surface area contributed by atoms with Crippen molar-refractivity contribution >= 4 is 21.5 Å². The van der Waals surface area contributed by atoms with Crippen LogP contribution in [0.4, 0.5) is 14.7 Å². The van der Waals surface area contributed by atoms with Crippen molar-refractivity contribution in [2.24, 2.45) is 0 Å². The van der Waals surface area contributed by atoms with Gasteiger partial charge in [-0.1, -0.05) is 19.8 Å². The third kappa shape index (κ3) is 4.36. The van der Waals surface area contributed by atoms with Gasteiger partial charge in [-0.25, -0.2) is 26.7 Å². The summed E-state index contributed by atoms with van der Waals surface area (Å²) in [5.41, 5.74) is 6.61. The van der Waals surface area contributed by atoms with Gasteiger partial charge < -0.3 is 5.73 Å². The molecule has 1 aliphatic heterocycles. The molecule has 10 heteroatoms. The average Bonchev–Trinajstić information content (AvgIpc) is 3.48. The number of halogens is 2. The molecule has 2 aliphatic rings. The minimum atomic E-state index is -3.13. The van der Waals surface area contributed by atoms with E-state index in [-0.39, 0.29) is 34.7 Å². The Labute approximate surface area is 169 Å². The van der Waals surface area contributed by atoms with Gasteiger partial charge in [0.1, 0.15) is 11.7 Å². The van der Waals surface area contributed by atoms with Crippen molar-refractivity contribution in [3.8, 4) is 12.3 Å². The molecule has 2 aromatic heterocycles. The second kappa shape index (κ2) is 8.24. The van der Waals surface area contributed by atoms with Crippen LogP contribution in [0.3, 0.4) is 0 Å². The molecule has 2 fully saturated rings. The Morgan fingerprint density at radius 2 is 2.03 bits per heavy atom. The van der Waals surface area contributed by atoms with Crippen molar-refractivity contribution < 1.29 is 17.2 Å². The summed E-state index contributed by atoms with van der Waals surface area (Å²) in [6.45, 7) is 4.43. The number of sulfonamides is 1. The summed E-state index contributed by atoms with van der Waals surface area (Å²) in [7, 11) is -3.13. The average molecular weight is 426 g/mol. The Morgan fingerprint density at radius 3 is 2.59 bits per heavy atom. The zero-order valence-electron chi connectivity index (χ0n) is 16.5. The van der Waals surface area contributed by atoms with Gasteiger partial charge in [0.15, 0.2) is 5.82 Å². The van der Waals surface area contributed by atoms with Gasteiger partial charge in [0.2, 0.25) is 16.0 Å². The topological polar surface area (TPSA) is 93.6 Å². The maximum Gasteiger partial charge on any atom is 0.238 e. The highest BCUT2D eigenvalue weighted by Gasteiger charge is 2.41. The van der Waals surface area contributed by atoms with Crippen molar-refractivity contribution in [1.29, 1.82) is 0 Å². The maximum absolute atomic E-state index is 13.9. The van der Waals surface area contributed by atoms with E-state index in [1.165, 1.54) is 15.0 Å². The lowest BCUT2D eigenvalue weighted by Gasteiger charge is -2.28. The molecule has 2 N–H and O–H groups in total. The van der Waals surface area contributed by atoms with Gasteiger partial charge in [-0.15, -0.1) is 11.5 Å². The number of nitrogens with two attached hydrogens (primary N) is 1. The molecule has 0 bridgehead atoms. The molecular formula is C19H25F2N5O2S. The molecule has 1 saturated carbocycles. The SMILES string of the molecule is C#Cc1c(F)c2cnc(N)nn2c1C(C)C.O=S(=O)(C1CC1)N1CCCC(F)C1. The van der Waals surface area contributed by atoms with Gasteiger partial charge in [0, 0.05) is 13.1 Å². The lowest BCUT2D eigenvalue weighted by atomic mass is 10.1. The Bertz CT molecular complexity index is 1040. The number of alkyl halides is 1. The molecule has 1 aliphatic carbocycles. The Kier molecular flexibility index (Phi) is 6.10. The highest BCUT2D eigenvalue weighted by Crippen LogP contribution is 2.32. The molecule has 3 heterocycles. The first kappa shape index (κ1) is 21.5. The normalized spacial score (nSPS) is 20.3. The molecule has 29 heavy (non-hydrogen) atoms. The number of anilines is 1. The van der Waals surface area contributed by atoms with Crippen molar-refractivity contribution in [3.63, 3.8) is 0 Å². The molecule has 2 aromatic rings. The molecule has 4 rings (SSSR count). The molecule has 158 valence electrons. The van der Waals surface area contributed by atoms with E-state index in [0.29, 0.717) is 25.1 Å². The minimum Gasteiger partial charge on any atom is -0.367 e. The second-order valence-electron chi connectivity index (χ2n) is 7.63. The number of nitrogens with zero attached hydrogens (tertiary/aromatic N) is 4. The van der Waals surface area contributed by atoms with Gasteiger partial charge in [-0.05, 0) is 31.6 Å². The summed E-state index contributed by atoms with van der Waals surface area (Å²) in [5, 5.41) is 3.78. The number of fused-ring (bicyclic) bond motifs is 1. The quantitative estimate of drug-likeness (QED) is 0.763. The smallest absolute Gasteiger partial charge is 0.238 e. The van der Waals surface area contributed by atoms with Crippen LogP contribution in [0.1, 0.15) is 56.7 Å². The van der Waals surface area contributed by atoms with Crippen LogP contribution in [0, 0.1) is 18.2 Å². The van der Waals surface area contributed by atoms with Crippen LogP contribution < -0.4 is 5.73 Å². The third-order valence-corrected chi connectivity index (χ3v) is 7.37. The first-order chi connectivity index (χ1) is 13.7. The number of rotatable bonds is 3. The minimum absolute atomic E-state index is 0.0531. The molecule has 1 atom stereocenters. The monoisotopic (exact) mass is 425 g/mol. The van der Waals surface area contributed by atoms with Crippen molar-refractivity contribution in [2.75, 3.05) is 18.8 Å². The largest absolute Gasteiger partial charge is 0.367 e. The Morgan fingerprint density at radius 1 is 1.34 bits per heavy atom. The summed E-state index contributed by atoms with van der Waals surface area (Å²) in [6.07, 6.45) is 8.38. The number of aromatic nitrogens is 3. The van der Waals surface area contributed by atoms with Crippen LogP contribution in [-0.4, -0.2) is 51.8 Å². The number of hydrogen-bond acceptors (Lipinski definition) is 5. The standard InChI is InChI=1S/C11H11FN4.C8H14FNO2S/c1-4-7-9(12)8-5-14-11(13)15-16(8)10(7)6(2)3;9-7-2-1-5-10(6-7)13(11,12)8-3-4-8/h1,5-6H,2-3H3,(H2,13,15);7-8H,1-6H2. The van der Waals surface area contributed by atoms with E-state index in [1.807, 2.05) is 13.8 Å². The first-order valence-electron chi connectivity index (χ1n) is 9.59. The fraction of sp³-hybridized carbons (Fsp3) is 0.579. The molecule has 0 amide bonds. The van der Waals surface area contributed by atoms with Gasteiger partial charge in [-0.3, -0.25) is 0 Å². The Hall–Kier alpha value is -2.25. The van der Waals surface area contributed by atoms with Crippen LogP contribution in [-0.2, 0) is 10.0 Å². The molecule has 0 spiro atoms. The number of nitrogen functional groups attached to an aromatic ring is 1. The van der Waals surface area contributed by atoms with Crippen LogP contribution in [0.15, 0.2) is 6.20 Å². The van der Waals surface area contributed by atoms with Crippen LogP contribution >= 0.6 is 0 Å². The highest BCUT2D eigenvalue weighted by molar-refractivity contribution is 7.90. The van der Waals surface area contributed by atoms with Crippen LogP contribution in [0.2, 0.25) is 0 Å². The van der Waals surface area contributed by atoms with E-state index in [2.05, 4.69) is 16.0 Å².